The Hall–Kier alpha value is -3.95. The summed E-state index contributed by atoms with van der Waals surface area (Å²) >= 11 is 0. The first-order valence-corrected chi connectivity index (χ1v) is 20.9. The molecule has 3 aliphatic heterocycles. The van der Waals surface area contributed by atoms with Gasteiger partial charge in [0.2, 0.25) is 5.95 Å². The maximum absolute atomic E-state index is 13.7. The second-order valence-corrected chi connectivity index (χ2v) is 17.8. The van der Waals surface area contributed by atoms with Crippen LogP contribution in [0.1, 0.15) is 42.0 Å². The fraction of sp³-hybridized carbons (Fsp3) is 0.450. The number of nitrogens with zero attached hydrogens (tertiary/aromatic N) is 5. The molecule has 7 rings (SSSR count). The van der Waals surface area contributed by atoms with Crippen LogP contribution in [0.25, 0.3) is 11.1 Å². The van der Waals surface area contributed by atoms with Gasteiger partial charge < -0.3 is 34.5 Å². The fourth-order valence-corrected chi connectivity index (χ4v) is 8.88. The first kappa shape index (κ1) is 35.5. The SMILES string of the molecule is CCc1cc(Nc2ncc(C)c(Nc3ccc(-c4cccc5c4COC5)cc3P(C)(C)=O)n2)c(OC)cc1N1CCC(N2CCN(C)CC2)CC1. The lowest BCUT2D eigenvalue weighted by Crippen LogP contribution is -2.52. The standard InChI is InChI=1S/C40H52N7O3P/c1-7-28-21-35(37(49-4)23-36(28)47-15-13-31(14-16-47)46-19-17-45(3)18-20-46)43-40-41-24-27(2)39(44-40)42-34-12-11-29(22-38(34)51(5,6)48)32-10-8-9-30-25-50-26-33(30)32/h8-12,21-24,31H,7,13-20,25-26H2,1-6H3,(H2,41,42,43,44). The summed E-state index contributed by atoms with van der Waals surface area (Å²) in [5.41, 5.74) is 9.57. The van der Waals surface area contributed by atoms with E-state index in [4.69, 9.17) is 14.5 Å². The number of aromatic nitrogens is 2. The molecule has 0 radical (unpaired) electrons. The molecule has 3 aliphatic rings. The van der Waals surface area contributed by atoms with Gasteiger partial charge in [-0.25, -0.2) is 4.98 Å². The Morgan fingerprint density at radius 1 is 0.961 bits per heavy atom. The minimum Gasteiger partial charge on any atom is -0.494 e. The van der Waals surface area contributed by atoms with Crippen molar-refractivity contribution < 1.29 is 14.0 Å². The van der Waals surface area contributed by atoms with Crippen LogP contribution in [0.4, 0.5) is 28.8 Å². The summed E-state index contributed by atoms with van der Waals surface area (Å²) < 4.78 is 25.4. The molecule has 0 spiro atoms. The molecular weight excluding hydrogens is 657 g/mol. The zero-order valence-electron chi connectivity index (χ0n) is 31.0. The average Bonchev–Trinajstić information content (AvgIpc) is 3.62. The summed E-state index contributed by atoms with van der Waals surface area (Å²) in [6.45, 7) is 15.8. The molecule has 0 aliphatic carbocycles. The molecule has 51 heavy (non-hydrogen) atoms. The number of methoxy groups -OCH3 is 1. The van der Waals surface area contributed by atoms with Crippen molar-refractivity contribution in [1.29, 1.82) is 0 Å². The van der Waals surface area contributed by atoms with Gasteiger partial charge in [0.05, 0.1) is 31.7 Å². The van der Waals surface area contributed by atoms with Crippen molar-refractivity contribution in [1.82, 2.24) is 19.8 Å². The number of fused-ring (bicyclic) bond motifs is 1. The van der Waals surface area contributed by atoms with Gasteiger partial charge in [0.1, 0.15) is 18.7 Å². The molecule has 2 saturated heterocycles. The summed E-state index contributed by atoms with van der Waals surface area (Å²) in [6, 6.07) is 17.5. The van der Waals surface area contributed by atoms with Crippen molar-refractivity contribution in [2.24, 2.45) is 0 Å². The van der Waals surface area contributed by atoms with Crippen LogP contribution >= 0.6 is 7.14 Å². The minimum atomic E-state index is -2.67. The lowest BCUT2D eigenvalue weighted by molar-refractivity contribution is 0.0982. The van der Waals surface area contributed by atoms with E-state index in [1.54, 1.807) is 7.11 Å². The Kier molecular flexibility index (Phi) is 10.4. The van der Waals surface area contributed by atoms with Gasteiger partial charge in [0.15, 0.2) is 0 Å². The maximum Gasteiger partial charge on any atom is 0.229 e. The zero-order valence-corrected chi connectivity index (χ0v) is 31.9. The van der Waals surface area contributed by atoms with Crippen molar-refractivity contribution in [2.75, 3.05) is 82.3 Å². The number of hydrogen-bond donors (Lipinski definition) is 2. The second-order valence-electron chi connectivity index (χ2n) is 14.6. The first-order chi connectivity index (χ1) is 24.6. The molecule has 10 nitrogen and oxygen atoms in total. The lowest BCUT2D eigenvalue weighted by atomic mass is 9.97. The summed E-state index contributed by atoms with van der Waals surface area (Å²) in [6.07, 6.45) is 5.07. The largest absolute Gasteiger partial charge is 0.494 e. The van der Waals surface area contributed by atoms with Crippen LogP contribution in [0.2, 0.25) is 0 Å². The van der Waals surface area contributed by atoms with Crippen LogP contribution in [0, 0.1) is 6.92 Å². The summed E-state index contributed by atoms with van der Waals surface area (Å²) in [5, 5.41) is 7.74. The summed E-state index contributed by atoms with van der Waals surface area (Å²) in [5.74, 6) is 1.87. The van der Waals surface area contributed by atoms with Crippen molar-refractivity contribution in [3.8, 4) is 16.9 Å². The van der Waals surface area contributed by atoms with E-state index in [0.29, 0.717) is 31.0 Å². The molecule has 0 saturated carbocycles. The van der Waals surface area contributed by atoms with Crippen molar-refractivity contribution in [2.45, 2.75) is 52.4 Å². The number of anilines is 5. The van der Waals surface area contributed by atoms with Crippen LogP contribution in [-0.2, 0) is 28.9 Å². The number of hydrogen-bond acceptors (Lipinski definition) is 10. The molecular formula is C40H52N7O3P. The molecule has 3 aromatic carbocycles. The van der Waals surface area contributed by atoms with E-state index in [1.807, 2.05) is 32.5 Å². The molecule has 4 heterocycles. The minimum absolute atomic E-state index is 0.457. The van der Waals surface area contributed by atoms with Gasteiger partial charge in [-0.15, -0.1) is 0 Å². The Morgan fingerprint density at radius 2 is 1.75 bits per heavy atom. The van der Waals surface area contributed by atoms with Crippen molar-refractivity contribution >= 4 is 41.3 Å². The number of nitrogens with one attached hydrogen (secondary N) is 2. The summed E-state index contributed by atoms with van der Waals surface area (Å²) in [7, 11) is 1.27. The van der Waals surface area contributed by atoms with Crippen LogP contribution in [-0.4, -0.2) is 92.6 Å². The number of benzene rings is 3. The van der Waals surface area contributed by atoms with E-state index in [2.05, 4.69) is 86.8 Å². The average molecular weight is 710 g/mol. The maximum atomic E-state index is 13.7. The fourth-order valence-electron chi connectivity index (χ4n) is 7.72. The van der Waals surface area contributed by atoms with Gasteiger partial charge >= 0.3 is 0 Å². The molecule has 11 heteroatoms. The van der Waals surface area contributed by atoms with Gasteiger partial charge in [-0.1, -0.05) is 31.2 Å². The topological polar surface area (TPSA) is 95.1 Å². The smallest absolute Gasteiger partial charge is 0.229 e. The van der Waals surface area contributed by atoms with Crippen molar-refractivity contribution in [3.05, 3.63) is 77.0 Å². The quantitative estimate of drug-likeness (QED) is 0.168. The number of ether oxygens (including phenoxy) is 2. The Balaban J connectivity index is 1.11. The highest BCUT2D eigenvalue weighted by atomic mass is 31.2. The van der Waals surface area contributed by atoms with Gasteiger partial charge in [0.25, 0.3) is 0 Å². The van der Waals surface area contributed by atoms with E-state index in [-0.39, 0.29) is 0 Å². The van der Waals surface area contributed by atoms with Gasteiger partial charge in [-0.2, -0.15) is 4.98 Å². The predicted molar refractivity (Wildman–Crippen MR) is 209 cm³/mol. The van der Waals surface area contributed by atoms with E-state index in [0.717, 1.165) is 71.7 Å². The molecule has 0 unspecified atom stereocenters. The normalized spacial score (nSPS) is 17.4. The molecule has 0 amide bonds. The molecule has 2 N–H and O–H groups in total. The molecule has 1 aromatic heterocycles. The van der Waals surface area contributed by atoms with Crippen LogP contribution in [0.15, 0.2) is 54.7 Å². The third-order valence-corrected chi connectivity index (χ3v) is 12.3. The van der Waals surface area contributed by atoms with Gasteiger partial charge in [0, 0.05) is 74.1 Å². The predicted octanol–water partition coefficient (Wildman–Crippen LogP) is 7.00. The van der Waals surface area contributed by atoms with Gasteiger partial charge in [-0.05, 0) is 92.6 Å². The molecule has 4 aromatic rings. The molecule has 270 valence electrons. The number of aryl methyl sites for hydroxylation is 2. The van der Waals surface area contributed by atoms with Crippen LogP contribution in [0.5, 0.6) is 5.75 Å². The van der Waals surface area contributed by atoms with E-state index < -0.39 is 7.14 Å². The Bertz CT molecular complexity index is 1930. The molecule has 0 atom stereocenters. The third kappa shape index (κ3) is 7.65. The highest BCUT2D eigenvalue weighted by Gasteiger charge is 2.28. The van der Waals surface area contributed by atoms with E-state index in [9.17, 15) is 4.57 Å². The molecule has 2 fully saturated rings. The third-order valence-electron chi connectivity index (χ3n) is 10.8. The highest BCUT2D eigenvalue weighted by molar-refractivity contribution is 7.70. The first-order valence-electron chi connectivity index (χ1n) is 18.3. The number of piperazine rings is 1. The number of rotatable bonds is 10. The van der Waals surface area contributed by atoms with Crippen molar-refractivity contribution in [3.63, 3.8) is 0 Å². The van der Waals surface area contributed by atoms with E-state index in [1.165, 1.54) is 48.3 Å². The van der Waals surface area contributed by atoms with E-state index >= 15 is 0 Å². The van der Waals surface area contributed by atoms with Gasteiger partial charge in [-0.3, -0.25) is 4.90 Å². The highest BCUT2D eigenvalue weighted by Crippen LogP contribution is 2.42. The Labute approximate surface area is 302 Å². The molecule has 0 bridgehead atoms. The number of piperidine rings is 1. The second kappa shape index (κ2) is 15.0. The summed E-state index contributed by atoms with van der Waals surface area (Å²) in [4.78, 5) is 17.2. The van der Waals surface area contributed by atoms with Crippen LogP contribution in [0.3, 0.4) is 0 Å². The lowest BCUT2D eigenvalue weighted by Gasteiger charge is -2.43. The zero-order chi connectivity index (χ0) is 35.7. The Morgan fingerprint density at radius 3 is 2.47 bits per heavy atom. The number of likely N-dealkylation sites (N-methyl/N-ethyl adjacent to an activating group) is 1. The monoisotopic (exact) mass is 709 g/mol. The van der Waals surface area contributed by atoms with Crippen LogP contribution < -0.4 is 25.6 Å².